The van der Waals surface area contributed by atoms with E-state index in [0.717, 1.165) is 19.0 Å². The normalized spacial score (nSPS) is 16.8. The molecule has 0 aliphatic carbocycles. The smallest absolute Gasteiger partial charge is 0.191 e. The first-order valence-electron chi connectivity index (χ1n) is 8.44. The van der Waals surface area contributed by atoms with Gasteiger partial charge >= 0.3 is 0 Å². The summed E-state index contributed by atoms with van der Waals surface area (Å²) in [7, 11) is 1.80. The maximum atomic E-state index is 4.23. The number of aliphatic imine (C=N–C) groups is 1. The fourth-order valence-corrected chi connectivity index (χ4v) is 2.79. The predicted molar refractivity (Wildman–Crippen MR) is 94.0 cm³/mol. The number of benzene rings is 1. The average molecular weight is 302 g/mol. The summed E-state index contributed by atoms with van der Waals surface area (Å²) in [6, 6.07) is 9.33. The topological polar surface area (TPSA) is 39.7 Å². The van der Waals surface area contributed by atoms with E-state index in [1.807, 2.05) is 0 Å². The first-order valence-corrected chi connectivity index (χ1v) is 8.44. The van der Waals surface area contributed by atoms with Crippen molar-refractivity contribution in [1.29, 1.82) is 0 Å². The lowest BCUT2D eigenvalue weighted by Crippen LogP contribution is -2.40. The molecular weight excluding hydrogens is 272 g/mol. The lowest BCUT2D eigenvalue weighted by Gasteiger charge is -2.26. The molecule has 1 aromatic rings. The molecule has 2 rings (SSSR count). The van der Waals surface area contributed by atoms with Crippen LogP contribution in [0.4, 0.5) is 0 Å². The molecule has 0 radical (unpaired) electrons. The van der Waals surface area contributed by atoms with E-state index in [1.54, 1.807) is 7.05 Å². The van der Waals surface area contributed by atoms with Crippen LogP contribution in [-0.4, -0.2) is 37.0 Å². The summed E-state index contributed by atoms with van der Waals surface area (Å²) in [5.74, 6) is 0.854. The Labute approximate surface area is 135 Å². The molecule has 4 nitrogen and oxygen atoms in total. The summed E-state index contributed by atoms with van der Waals surface area (Å²) < 4.78 is 0. The zero-order valence-corrected chi connectivity index (χ0v) is 14.2. The molecule has 0 bridgehead atoms. The van der Waals surface area contributed by atoms with Crippen LogP contribution < -0.4 is 10.6 Å². The van der Waals surface area contributed by atoms with E-state index in [2.05, 4.69) is 58.6 Å². The monoisotopic (exact) mass is 302 g/mol. The van der Waals surface area contributed by atoms with Gasteiger partial charge in [0.1, 0.15) is 0 Å². The minimum atomic E-state index is 0.387. The van der Waals surface area contributed by atoms with E-state index in [1.165, 1.54) is 43.5 Å². The lowest BCUT2D eigenvalue weighted by atomic mass is 10.1. The zero-order valence-electron chi connectivity index (χ0n) is 14.2. The first kappa shape index (κ1) is 16.8. The maximum absolute atomic E-state index is 4.23. The van der Waals surface area contributed by atoms with Gasteiger partial charge in [-0.3, -0.25) is 9.89 Å². The number of piperidine rings is 1. The van der Waals surface area contributed by atoms with E-state index in [0.29, 0.717) is 6.04 Å². The molecule has 0 spiro atoms. The Morgan fingerprint density at radius 2 is 1.73 bits per heavy atom. The third-order valence-corrected chi connectivity index (χ3v) is 3.99. The van der Waals surface area contributed by atoms with Crippen molar-refractivity contribution in [3.05, 3.63) is 35.4 Å². The minimum absolute atomic E-state index is 0.387. The largest absolute Gasteiger partial charge is 0.354 e. The van der Waals surface area contributed by atoms with E-state index in [-0.39, 0.29) is 0 Å². The van der Waals surface area contributed by atoms with Crippen LogP contribution in [-0.2, 0) is 13.1 Å². The van der Waals surface area contributed by atoms with Gasteiger partial charge in [-0.15, -0.1) is 0 Å². The summed E-state index contributed by atoms with van der Waals surface area (Å²) in [6.07, 6.45) is 4.10. The Bertz CT molecular complexity index is 458. The van der Waals surface area contributed by atoms with Gasteiger partial charge in [-0.1, -0.05) is 30.7 Å². The molecule has 2 N–H and O–H groups in total. The van der Waals surface area contributed by atoms with Crippen LogP contribution in [0, 0.1) is 0 Å². The van der Waals surface area contributed by atoms with Crippen molar-refractivity contribution in [3.63, 3.8) is 0 Å². The van der Waals surface area contributed by atoms with Crippen LogP contribution >= 0.6 is 0 Å². The van der Waals surface area contributed by atoms with E-state index in [9.17, 15) is 0 Å². The molecule has 22 heavy (non-hydrogen) atoms. The van der Waals surface area contributed by atoms with Crippen molar-refractivity contribution < 1.29 is 0 Å². The van der Waals surface area contributed by atoms with Crippen molar-refractivity contribution in [1.82, 2.24) is 15.5 Å². The number of hydrogen-bond acceptors (Lipinski definition) is 2. The molecule has 4 heteroatoms. The summed E-state index contributed by atoms with van der Waals surface area (Å²) >= 11 is 0. The second kappa shape index (κ2) is 8.79. The molecule has 1 aliphatic heterocycles. The van der Waals surface area contributed by atoms with Gasteiger partial charge in [-0.05, 0) is 50.9 Å². The van der Waals surface area contributed by atoms with E-state index < -0.39 is 0 Å². The van der Waals surface area contributed by atoms with E-state index >= 15 is 0 Å². The van der Waals surface area contributed by atoms with Crippen molar-refractivity contribution in [2.24, 2.45) is 4.99 Å². The van der Waals surface area contributed by atoms with Crippen LogP contribution in [0.5, 0.6) is 0 Å². The number of likely N-dealkylation sites (tertiary alicyclic amines) is 1. The Balaban J connectivity index is 1.81. The SMILES string of the molecule is CN=C(NCc1ccc(CN2CCCCC2)cc1)NC(C)C. The number of hydrogen-bond donors (Lipinski definition) is 2. The quantitative estimate of drug-likeness (QED) is 0.649. The molecule has 1 saturated heterocycles. The molecule has 0 amide bonds. The summed E-state index contributed by atoms with van der Waals surface area (Å²) in [5.41, 5.74) is 2.70. The third-order valence-electron chi connectivity index (χ3n) is 3.99. The summed E-state index contributed by atoms with van der Waals surface area (Å²) in [5, 5.41) is 6.64. The van der Waals surface area contributed by atoms with Gasteiger partial charge in [-0.25, -0.2) is 0 Å². The molecular formula is C18H30N4. The standard InChI is InChI=1S/C18H30N4/c1-15(2)21-18(19-3)20-13-16-7-9-17(10-8-16)14-22-11-5-4-6-12-22/h7-10,15H,4-6,11-14H2,1-3H3,(H2,19,20,21). The highest BCUT2D eigenvalue weighted by molar-refractivity contribution is 5.79. The zero-order chi connectivity index (χ0) is 15.8. The van der Waals surface area contributed by atoms with Gasteiger partial charge < -0.3 is 10.6 Å². The lowest BCUT2D eigenvalue weighted by molar-refractivity contribution is 0.221. The van der Waals surface area contributed by atoms with Gasteiger partial charge in [0.05, 0.1) is 0 Å². The molecule has 122 valence electrons. The maximum Gasteiger partial charge on any atom is 0.191 e. The van der Waals surface area contributed by atoms with Gasteiger partial charge in [0.15, 0.2) is 5.96 Å². The van der Waals surface area contributed by atoms with Crippen LogP contribution in [0.1, 0.15) is 44.2 Å². The number of rotatable bonds is 5. The highest BCUT2D eigenvalue weighted by Crippen LogP contribution is 2.13. The fourth-order valence-electron chi connectivity index (χ4n) is 2.79. The van der Waals surface area contributed by atoms with Crippen LogP contribution in [0.25, 0.3) is 0 Å². The molecule has 1 fully saturated rings. The number of nitrogens with one attached hydrogen (secondary N) is 2. The average Bonchev–Trinajstić information content (AvgIpc) is 2.53. The fraction of sp³-hybridized carbons (Fsp3) is 0.611. The van der Waals surface area contributed by atoms with Crippen LogP contribution in [0.3, 0.4) is 0 Å². The molecule has 1 aliphatic rings. The van der Waals surface area contributed by atoms with Gasteiger partial charge in [0, 0.05) is 26.2 Å². The van der Waals surface area contributed by atoms with Gasteiger partial charge in [0.2, 0.25) is 0 Å². The van der Waals surface area contributed by atoms with E-state index in [4.69, 9.17) is 0 Å². The Morgan fingerprint density at radius 1 is 1.09 bits per heavy atom. The molecule has 0 atom stereocenters. The Kier molecular flexibility index (Phi) is 6.72. The highest BCUT2D eigenvalue weighted by Gasteiger charge is 2.10. The molecule has 0 saturated carbocycles. The summed E-state index contributed by atoms with van der Waals surface area (Å²) in [6.45, 7) is 8.62. The summed E-state index contributed by atoms with van der Waals surface area (Å²) in [4.78, 5) is 6.79. The number of nitrogens with zero attached hydrogens (tertiary/aromatic N) is 2. The molecule has 0 unspecified atom stereocenters. The number of guanidine groups is 1. The second-order valence-corrected chi connectivity index (χ2v) is 6.38. The van der Waals surface area contributed by atoms with Gasteiger partial charge in [0.25, 0.3) is 0 Å². The minimum Gasteiger partial charge on any atom is -0.354 e. The molecule has 1 aromatic carbocycles. The van der Waals surface area contributed by atoms with Gasteiger partial charge in [-0.2, -0.15) is 0 Å². The van der Waals surface area contributed by atoms with Crippen molar-refractivity contribution in [2.75, 3.05) is 20.1 Å². The Hall–Kier alpha value is -1.55. The van der Waals surface area contributed by atoms with Crippen molar-refractivity contribution in [3.8, 4) is 0 Å². The van der Waals surface area contributed by atoms with Crippen LogP contribution in [0.2, 0.25) is 0 Å². The van der Waals surface area contributed by atoms with Crippen molar-refractivity contribution in [2.45, 2.75) is 52.2 Å². The predicted octanol–water partition coefficient (Wildman–Crippen LogP) is 2.75. The second-order valence-electron chi connectivity index (χ2n) is 6.38. The Morgan fingerprint density at radius 3 is 2.32 bits per heavy atom. The third kappa shape index (κ3) is 5.68. The van der Waals surface area contributed by atoms with Crippen LogP contribution in [0.15, 0.2) is 29.3 Å². The molecule has 0 aromatic heterocycles. The molecule has 1 heterocycles. The highest BCUT2D eigenvalue weighted by atomic mass is 15.2. The first-order chi connectivity index (χ1) is 10.7. The van der Waals surface area contributed by atoms with Crippen molar-refractivity contribution >= 4 is 5.96 Å².